The number of nitrogens with zero attached hydrogens (tertiary/aromatic N) is 6. The summed E-state index contributed by atoms with van der Waals surface area (Å²) in [5.41, 5.74) is 2.46. The summed E-state index contributed by atoms with van der Waals surface area (Å²) < 4.78 is 1.83. The molecule has 0 bridgehead atoms. The van der Waals surface area contributed by atoms with Gasteiger partial charge in [-0.05, 0) is 50.7 Å². The number of thioether (sulfide) groups is 1. The van der Waals surface area contributed by atoms with E-state index in [4.69, 9.17) is 0 Å². The molecule has 1 saturated heterocycles. The highest BCUT2D eigenvalue weighted by atomic mass is 32.2. The highest BCUT2D eigenvalue weighted by Gasteiger charge is 2.20. The molecule has 1 unspecified atom stereocenters. The minimum Gasteiger partial charge on any atom is -0.303 e. The van der Waals surface area contributed by atoms with Gasteiger partial charge in [-0.1, -0.05) is 24.2 Å². The molecule has 1 fully saturated rings. The van der Waals surface area contributed by atoms with Gasteiger partial charge in [0.2, 0.25) is 5.16 Å². The predicted molar refractivity (Wildman–Crippen MR) is 95.0 cm³/mol. The van der Waals surface area contributed by atoms with Crippen LogP contribution in [0.15, 0.2) is 41.7 Å². The number of piperidine rings is 1. The Kier molecular flexibility index (Phi) is 4.44. The Morgan fingerprint density at radius 1 is 1.12 bits per heavy atom. The lowest BCUT2D eigenvalue weighted by Gasteiger charge is -2.31. The molecular weight excluding hydrogens is 320 g/mol. The fourth-order valence-electron chi connectivity index (χ4n) is 3.04. The fourth-order valence-corrected chi connectivity index (χ4v) is 4.15. The van der Waals surface area contributed by atoms with Crippen LogP contribution in [0.2, 0.25) is 0 Å². The normalized spacial score (nSPS) is 19.0. The molecule has 1 aliphatic heterocycles. The molecule has 0 spiro atoms. The van der Waals surface area contributed by atoms with E-state index in [1.807, 2.05) is 34.8 Å². The molecule has 4 heterocycles. The van der Waals surface area contributed by atoms with Crippen LogP contribution in [0, 0.1) is 0 Å². The molecule has 0 aromatic carbocycles. The molecule has 3 aromatic rings. The molecular formula is C17H20N6S. The number of hydrogen-bond acceptors (Lipinski definition) is 6. The number of likely N-dealkylation sites (tertiary alicyclic amines) is 1. The smallest absolute Gasteiger partial charge is 0.212 e. The van der Waals surface area contributed by atoms with E-state index < -0.39 is 0 Å². The van der Waals surface area contributed by atoms with Gasteiger partial charge >= 0.3 is 0 Å². The van der Waals surface area contributed by atoms with Crippen molar-refractivity contribution < 1.29 is 0 Å². The summed E-state index contributed by atoms with van der Waals surface area (Å²) in [7, 11) is 2.21. The summed E-state index contributed by atoms with van der Waals surface area (Å²) in [5.74, 6) is 1.02. The molecule has 0 amide bonds. The summed E-state index contributed by atoms with van der Waals surface area (Å²) in [6.07, 6.45) is 5.66. The van der Waals surface area contributed by atoms with Crippen LogP contribution >= 0.6 is 11.8 Å². The number of fused-ring (bicyclic) bond motifs is 1. The van der Waals surface area contributed by atoms with E-state index in [-0.39, 0.29) is 0 Å². The lowest BCUT2D eigenvalue weighted by atomic mass is 10.1. The standard InChI is InChI=1S/C17H20N6S/c1-22-11-5-3-6-13(22)12-24-17-20-19-16-9-8-15(21-23(16)17)14-7-2-4-10-18-14/h2,4,7-10,13H,3,5-6,11-12H2,1H3. The molecule has 1 aliphatic rings. The molecule has 3 aromatic heterocycles. The Labute approximate surface area is 145 Å². The average Bonchev–Trinajstić information content (AvgIpc) is 3.04. The van der Waals surface area contributed by atoms with Gasteiger partial charge in [0.1, 0.15) is 5.69 Å². The van der Waals surface area contributed by atoms with Gasteiger partial charge in [-0.2, -0.15) is 9.61 Å². The van der Waals surface area contributed by atoms with Gasteiger partial charge in [0.05, 0.1) is 5.69 Å². The maximum Gasteiger partial charge on any atom is 0.212 e. The van der Waals surface area contributed by atoms with Gasteiger partial charge in [0.25, 0.3) is 0 Å². The molecule has 0 aliphatic carbocycles. The average molecular weight is 340 g/mol. The Morgan fingerprint density at radius 2 is 2.08 bits per heavy atom. The van der Waals surface area contributed by atoms with Crippen LogP contribution in [0.25, 0.3) is 17.0 Å². The van der Waals surface area contributed by atoms with Crippen LogP contribution in [0.3, 0.4) is 0 Å². The first-order valence-corrected chi connectivity index (χ1v) is 9.27. The first-order valence-electron chi connectivity index (χ1n) is 8.28. The molecule has 6 nitrogen and oxygen atoms in total. The molecule has 7 heteroatoms. The van der Waals surface area contributed by atoms with Gasteiger partial charge < -0.3 is 4.90 Å². The summed E-state index contributed by atoms with van der Waals surface area (Å²) in [4.78, 5) is 6.82. The molecule has 24 heavy (non-hydrogen) atoms. The van der Waals surface area contributed by atoms with E-state index in [0.717, 1.165) is 27.9 Å². The molecule has 0 N–H and O–H groups in total. The Balaban J connectivity index is 1.57. The Hall–Kier alpha value is -1.99. The van der Waals surface area contributed by atoms with Crippen LogP contribution in [-0.2, 0) is 0 Å². The van der Waals surface area contributed by atoms with Gasteiger partial charge in [-0.15, -0.1) is 10.2 Å². The Morgan fingerprint density at radius 3 is 2.92 bits per heavy atom. The third-order valence-corrected chi connectivity index (χ3v) is 5.55. The minimum atomic E-state index is 0.607. The predicted octanol–water partition coefficient (Wildman–Crippen LogP) is 2.76. The Bertz CT molecular complexity index is 818. The SMILES string of the molecule is CN1CCCCC1CSc1nnc2ccc(-c3ccccn3)nn12. The maximum absolute atomic E-state index is 4.68. The first kappa shape index (κ1) is 15.5. The van der Waals surface area contributed by atoms with Crippen LogP contribution in [-0.4, -0.2) is 55.1 Å². The van der Waals surface area contributed by atoms with Crippen molar-refractivity contribution in [3.8, 4) is 11.4 Å². The van der Waals surface area contributed by atoms with Gasteiger partial charge in [-0.25, -0.2) is 0 Å². The van der Waals surface area contributed by atoms with E-state index in [1.165, 1.54) is 25.8 Å². The highest BCUT2D eigenvalue weighted by Crippen LogP contribution is 2.24. The van der Waals surface area contributed by atoms with E-state index in [0.29, 0.717) is 6.04 Å². The van der Waals surface area contributed by atoms with Crippen molar-refractivity contribution in [3.63, 3.8) is 0 Å². The second kappa shape index (κ2) is 6.86. The molecule has 124 valence electrons. The van der Waals surface area contributed by atoms with Crippen molar-refractivity contribution >= 4 is 17.4 Å². The van der Waals surface area contributed by atoms with Gasteiger partial charge in [0, 0.05) is 18.0 Å². The van der Waals surface area contributed by atoms with Crippen molar-refractivity contribution in [3.05, 3.63) is 36.5 Å². The lowest BCUT2D eigenvalue weighted by Crippen LogP contribution is -2.37. The number of pyridine rings is 1. The molecule has 0 saturated carbocycles. The maximum atomic E-state index is 4.68. The van der Waals surface area contributed by atoms with Crippen LogP contribution < -0.4 is 0 Å². The van der Waals surface area contributed by atoms with E-state index in [1.54, 1.807) is 18.0 Å². The van der Waals surface area contributed by atoms with Crippen LogP contribution in [0.5, 0.6) is 0 Å². The zero-order valence-corrected chi connectivity index (χ0v) is 14.5. The monoisotopic (exact) mass is 340 g/mol. The zero-order valence-electron chi connectivity index (χ0n) is 13.7. The second-order valence-corrected chi connectivity index (χ2v) is 7.11. The van der Waals surface area contributed by atoms with E-state index in [2.05, 4.69) is 32.2 Å². The van der Waals surface area contributed by atoms with Crippen LogP contribution in [0.4, 0.5) is 0 Å². The number of rotatable bonds is 4. The van der Waals surface area contributed by atoms with Crippen molar-refractivity contribution in [1.29, 1.82) is 0 Å². The van der Waals surface area contributed by atoms with Crippen LogP contribution in [0.1, 0.15) is 19.3 Å². The molecule has 1 atom stereocenters. The summed E-state index contributed by atoms with van der Waals surface area (Å²) >= 11 is 1.74. The van der Waals surface area contributed by atoms with Crippen molar-refractivity contribution in [1.82, 2.24) is 29.7 Å². The minimum absolute atomic E-state index is 0.607. The highest BCUT2D eigenvalue weighted by molar-refractivity contribution is 7.99. The van der Waals surface area contributed by atoms with Gasteiger partial charge in [-0.3, -0.25) is 4.98 Å². The second-order valence-electron chi connectivity index (χ2n) is 6.13. The first-order chi connectivity index (χ1) is 11.8. The van der Waals surface area contributed by atoms with E-state index in [9.17, 15) is 0 Å². The third kappa shape index (κ3) is 3.14. The summed E-state index contributed by atoms with van der Waals surface area (Å²) in [5, 5.41) is 14.1. The van der Waals surface area contributed by atoms with Crippen molar-refractivity contribution in [2.45, 2.75) is 30.5 Å². The fraction of sp³-hybridized carbons (Fsp3) is 0.412. The largest absolute Gasteiger partial charge is 0.303 e. The number of hydrogen-bond donors (Lipinski definition) is 0. The van der Waals surface area contributed by atoms with Crippen molar-refractivity contribution in [2.24, 2.45) is 0 Å². The third-order valence-electron chi connectivity index (χ3n) is 4.49. The molecule has 0 radical (unpaired) electrons. The van der Waals surface area contributed by atoms with E-state index >= 15 is 0 Å². The molecule has 4 rings (SSSR count). The summed E-state index contributed by atoms with van der Waals surface area (Å²) in [6.45, 7) is 1.19. The number of aromatic nitrogens is 5. The lowest BCUT2D eigenvalue weighted by molar-refractivity contribution is 0.204. The van der Waals surface area contributed by atoms with Gasteiger partial charge in [0.15, 0.2) is 5.65 Å². The topological polar surface area (TPSA) is 59.2 Å². The van der Waals surface area contributed by atoms with Crippen molar-refractivity contribution in [2.75, 3.05) is 19.3 Å². The summed E-state index contributed by atoms with van der Waals surface area (Å²) in [6, 6.07) is 10.3. The zero-order chi connectivity index (χ0) is 16.4. The quantitative estimate of drug-likeness (QED) is 0.681.